The van der Waals surface area contributed by atoms with Gasteiger partial charge in [0.1, 0.15) is 0 Å². The Kier molecular flexibility index (Phi) is 3.73. The second kappa shape index (κ2) is 5.77. The number of aromatic hydroxyl groups is 1. The number of nitrogens with zero attached hydrogens (tertiary/aromatic N) is 2. The van der Waals surface area contributed by atoms with Crippen LogP contribution in [0.1, 0.15) is 54.4 Å². The van der Waals surface area contributed by atoms with Gasteiger partial charge >= 0.3 is 11.4 Å². The predicted octanol–water partition coefficient (Wildman–Crippen LogP) is 4.60. The van der Waals surface area contributed by atoms with Crippen molar-refractivity contribution in [2.45, 2.75) is 44.9 Å². The summed E-state index contributed by atoms with van der Waals surface area (Å²) in [4.78, 5) is 21.6. The number of nitro groups is 2. The van der Waals surface area contributed by atoms with Gasteiger partial charge < -0.3 is 5.11 Å². The number of benzene rings is 2. The molecule has 2 aromatic rings. The van der Waals surface area contributed by atoms with E-state index in [9.17, 15) is 25.3 Å². The van der Waals surface area contributed by atoms with Gasteiger partial charge in [0.2, 0.25) is 0 Å². The van der Waals surface area contributed by atoms with Gasteiger partial charge in [-0.1, -0.05) is 38.1 Å². The molecule has 0 saturated heterocycles. The zero-order valence-corrected chi connectivity index (χ0v) is 15.1. The van der Waals surface area contributed by atoms with Gasteiger partial charge in [0, 0.05) is 11.6 Å². The molecule has 0 aromatic heterocycles. The van der Waals surface area contributed by atoms with Crippen LogP contribution >= 0.6 is 0 Å². The molecule has 0 bridgehead atoms. The first-order valence-corrected chi connectivity index (χ1v) is 8.98. The van der Waals surface area contributed by atoms with Crippen molar-refractivity contribution >= 4 is 11.4 Å². The van der Waals surface area contributed by atoms with Gasteiger partial charge in [-0.3, -0.25) is 20.2 Å². The molecule has 3 unspecified atom stereocenters. The third kappa shape index (κ3) is 2.49. The molecule has 0 radical (unpaired) electrons. The summed E-state index contributed by atoms with van der Waals surface area (Å²) < 4.78 is 0. The molecular formula is C20H20N2O5. The van der Waals surface area contributed by atoms with Crippen LogP contribution in [0.4, 0.5) is 11.4 Å². The van der Waals surface area contributed by atoms with E-state index in [-0.39, 0.29) is 17.3 Å². The maximum absolute atomic E-state index is 11.7. The highest BCUT2D eigenvalue weighted by molar-refractivity contribution is 5.67. The minimum absolute atomic E-state index is 0.0871. The molecule has 3 atom stereocenters. The first-order valence-electron chi connectivity index (χ1n) is 8.98. The second-order valence-corrected chi connectivity index (χ2v) is 8.07. The van der Waals surface area contributed by atoms with Crippen LogP contribution in [-0.2, 0) is 12.8 Å². The maximum Gasteiger partial charge on any atom is 0.321 e. The maximum atomic E-state index is 11.7. The summed E-state index contributed by atoms with van der Waals surface area (Å²) in [5, 5.41) is 33.3. The predicted molar refractivity (Wildman–Crippen MR) is 99.1 cm³/mol. The van der Waals surface area contributed by atoms with Gasteiger partial charge in [0.25, 0.3) is 5.75 Å². The molecule has 1 N–H and O–H groups in total. The minimum Gasteiger partial charge on any atom is -0.497 e. The van der Waals surface area contributed by atoms with E-state index in [1.54, 1.807) is 0 Å². The lowest BCUT2D eigenvalue weighted by Crippen LogP contribution is -2.24. The first-order chi connectivity index (χ1) is 12.7. The van der Waals surface area contributed by atoms with E-state index >= 15 is 0 Å². The molecule has 2 aromatic carbocycles. The van der Waals surface area contributed by atoms with Crippen LogP contribution < -0.4 is 0 Å². The van der Waals surface area contributed by atoms with E-state index < -0.39 is 27.0 Å². The van der Waals surface area contributed by atoms with Gasteiger partial charge in [-0.25, -0.2) is 0 Å². The van der Waals surface area contributed by atoms with Crippen LogP contribution in [-0.4, -0.2) is 15.0 Å². The van der Waals surface area contributed by atoms with Crippen LogP contribution in [0.5, 0.6) is 5.75 Å². The Hall–Kier alpha value is -2.96. The molecule has 0 amide bonds. The Morgan fingerprint density at radius 2 is 1.81 bits per heavy atom. The fourth-order valence-electron chi connectivity index (χ4n) is 5.12. The van der Waals surface area contributed by atoms with E-state index in [1.807, 2.05) is 19.1 Å². The topological polar surface area (TPSA) is 107 Å². The molecule has 27 heavy (non-hydrogen) atoms. The fourth-order valence-corrected chi connectivity index (χ4v) is 5.12. The van der Waals surface area contributed by atoms with Crippen molar-refractivity contribution < 1.29 is 15.0 Å². The van der Waals surface area contributed by atoms with Crippen molar-refractivity contribution in [2.24, 2.45) is 5.41 Å². The Bertz CT molecular complexity index is 987. The van der Waals surface area contributed by atoms with Gasteiger partial charge in [-0.2, -0.15) is 0 Å². The smallest absolute Gasteiger partial charge is 0.321 e. The number of rotatable bonds is 2. The van der Waals surface area contributed by atoms with Crippen molar-refractivity contribution in [3.05, 3.63) is 72.8 Å². The Morgan fingerprint density at radius 3 is 2.48 bits per heavy atom. The summed E-state index contributed by atoms with van der Waals surface area (Å²) in [5.74, 6) is -0.707. The molecular weight excluding hydrogens is 348 g/mol. The number of hydrogen-bond acceptors (Lipinski definition) is 5. The molecule has 2 aliphatic carbocycles. The highest BCUT2D eigenvalue weighted by Crippen LogP contribution is 2.58. The monoisotopic (exact) mass is 368 g/mol. The quantitative estimate of drug-likeness (QED) is 0.615. The van der Waals surface area contributed by atoms with E-state index in [2.05, 4.69) is 19.1 Å². The zero-order chi connectivity index (χ0) is 19.5. The lowest BCUT2D eigenvalue weighted by molar-refractivity contribution is -0.396. The third-order valence-electron chi connectivity index (χ3n) is 6.34. The van der Waals surface area contributed by atoms with Crippen molar-refractivity contribution in [2.75, 3.05) is 0 Å². The van der Waals surface area contributed by atoms with Gasteiger partial charge in [0.05, 0.1) is 9.85 Å². The second-order valence-electron chi connectivity index (χ2n) is 8.07. The van der Waals surface area contributed by atoms with Crippen LogP contribution in [0.2, 0.25) is 0 Å². The van der Waals surface area contributed by atoms with Gasteiger partial charge in [0.15, 0.2) is 0 Å². The Morgan fingerprint density at radius 1 is 1.11 bits per heavy atom. The van der Waals surface area contributed by atoms with Crippen LogP contribution in [0.3, 0.4) is 0 Å². The van der Waals surface area contributed by atoms with E-state index in [0.717, 1.165) is 12.8 Å². The van der Waals surface area contributed by atoms with E-state index in [0.29, 0.717) is 17.5 Å². The van der Waals surface area contributed by atoms with Crippen molar-refractivity contribution in [1.29, 1.82) is 0 Å². The molecule has 2 aliphatic rings. The van der Waals surface area contributed by atoms with Crippen LogP contribution in [0.25, 0.3) is 0 Å². The Balaban J connectivity index is 1.94. The zero-order valence-electron chi connectivity index (χ0n) is 15.1. The molecule has 0 saturated carbocycles. The normalized spacial score (nSPS) is 25.9. The molecule has 4 rings (SSSR count). The average molecular weight is 368 g/mol. The number of phenolic OH excluding ortho intramolecular Hbond substituents is 1. The number of fused-ring (bicyclic) bond motifs is 4. The van der Waals surface area contributed by atoms with Crippen LogP contribution in [0.15, 0.2) is 30.3 Å². The summed E-state index contributed by atoms with van der Waals surface area (Å²) >= 11 is 0. The number of nitro benzene ring substituents is 2. The lowest BCUT2D eigenvalue weighted by Gasteiger charge is -2.30. The molecule has 0 heterocycles. The van der Waals surface area contributed by atoms with Gasteiger partial charge in [-0.05, 0) is 53.2 Å². The third-order valence-corrected chi connectivity index (χ3v) is 6.34. The minimum atomic E-state index is -0.839. The summed E-state index contributed by atoms with van der Waals surface area (Å²) in [7, 11) is 0. The Labute approximate surface area is 155 Å². The standard InChI is InChI=1S/C20H20N2O5/c1-11-7-16-13-6-4-3-5-12(13)9-20(16,2)10-15-14(11)8-17(21(24)25)19(23)18(15)22(26)27/h3-6,8,11,16,23H,7,9-10H2,1-2H3. The van der Waals surface area contributed by atoms with Gasteiger partial charge in [-0.15, -0.1) is 0 Å². The van der Waals surface area contributed by atoms with Crippen molar-refractivity contribution in [3.63, 3.8) is 0 Å². The first kappa shape index (κ1) is 17.5. The van der Waals surface area contributed by atoms with Crippen molar-refractivity contribution in [3.8, 4) is 5.75 Å². The highest BCUT2D eigenvalue weighted by Gasteiger charge is 2.48. The molecule has 7 nitrogen and oxygen atoms in total. The van der Waals surface area contributed by atoms with E-state index in [1.165, 1.54) is 17.2 Å². The molecule has 0 spiro atoms. The summed E-state index contributed by atoms with van der Waals surface area (Å²) in [6.07, 6.45) is 1.97. The molecule has 0 aliphatic heterocycles. The molecule has 140 valence electrons. The summed E-state index contributed by atoms with van der Waals surface area (Å²) in [5.41, 5.74) is 2.24. The highest BCUT2D eigenvalue weighted by atomic mass is 16.6. The fraction of sp³-hybridized carbons (Fsp3) is 0.400. The molecule has 0 fully saturated rings. The SMILES string of the molecule is CC1CC2c3ccccc3CC2(C)Cc2c1cc([N+](=O)[O-])c(O)c2[N+](=O)[O-]. The van der Waals surface area contributed by atoms with Crippen LogP contribution in [0, 0.1) is 25.6 Å². The number of hydrogen-bond donors (Lipinski definition) is 1. The average Bonchev–Trinajstić information content (AvgIpc) is 2.80. The number of phenols is 1. The van der Waals surface area contributed by atoms with E-state index in [4.69, 9.17) is 0 Å². The molecule has 7 heteroatoms. The van der Waals surface area contributed by atoms with Crippen molar-refractivity contribution in [1.82, 2.24) is 0 Å². The summed E-state index contributed by atoms with van der Waals surface area (Å²) in [6.45, 7) is 4.08. The largest absolute Gasteiger partial charge is 0.497 e. The summed E-state index contributed by atoms with van der Waals surface area (Å²) in [6, 6.07) is 9.55. The lowest BCUT2D eigenvalue weighted by atomic mass is 9.73.